The van der Waals surface area contributed by atoms with Gasteiger partial charge in [0.1, 0.15) is 5.82 Å². The number of aromatic nitrogens is 2. The maximum Gasteiger partial charge on any atom is 0.149 e. The molecule has 0 aliphatic heterocycles. The average molecular weight is 189 g/mol. The van der Waals surface area contributed by atoms with Crippen molar-refractivity contribution >= 4 is 5.82 Å². The zero-order valence-electron chi connectivity index (χ0n) is 8.83. The van der Waals surface area contributed by atoms with Gasteiger partial charge in [-0.2, -0.15) is 5.10 Å². The van der Waals surface area contributed by atoms with Crippen LogP contribution in [-0.4, -0.2) is 15.7 Å². The maximum atomic E-state index is 5.43. The number of hydrogen-bond acceptors (Lipinski definition) is 3. The van der Waals surface area contributed by atoms with Crippen LogP contribution in [0.3, 0.4) is 0 Å². The van der Waals surface area contributed by atoms with E-state index in [4.69, 9.17) is 6.42 Å². The molecule has 0 aliphatic rings. The second-order valence-electron chi connectivity index (χ2n) is 3.51. The SMILES string of the molecule is C#CC(C)(CC)Nc1ccc(C)nn1. The predicted molar refractivity (Wildman–Crippen MR) is 57.9 cm³/mol. The van der Waals surface area contributed by atoms with Gasteiger partial charge in [0, 0.05) is 0 Å². The average Bonchev–Trinajstić information content (AvgIpc) is 2.21. The molecule has 3 heteroatoms. The monoisotopic (exact) mass is 189 g/mol. The van der Waals surface area contributed by atoms with Gasteiger partial charge in [-0.25, -0.2) is 0 Å². The fourth-order valence-electron chi connectivity index (χ4n) is 0.975. The lowest BCUT2D eigenvalue weighted by atomic mass is 10.0. The Labute approximate surface area is 84.9 Å². The van der Waals surface area contributed by atoms with E-state index in [0.717, 1.165) is 17.9 Å². The Kier molecular flexibility index (Phi) is 3.08. The van der Waals surface area contributed by atoms with Gasteiger partial charge in [-0.1, -0.05) is 12.8 Å². The van der Waals surface area contributed by atoms with Crippen LogP contribution in [0.1, 0.15) is 26.0 Å². The highest BCUT2D eigenvalue weighted by Crippen LogP contribution is 2.14. The number of nitrogens with one attached hydrogen (secondary N) is 1. The minimum absolute atomic E-state index is 0.343. The molecule has 1 aromatic heterocycles. The molecular formula is C11H15N3. The van der Waals surface area contributed by atoms with Crippen LogP contribution in [0.4, 0.5) is 5.82 Å². The number of aryl methyl sites for hydroxylation is 1. The van der Waals surface area contributed by atoms with E-state index in [0.29, 0.717) is 0 Å². The molecule has 1 heterocycles. The summed E-state index contributed by atoms with van der Waals surface area (Å²) in [5.74, 6) is 3.43. The zero-order valence-corrected chi connectivity index (χ0v) is 8.83. The molecule has 1 atom stereocenters. The van der Waals surface area contributed by atoms with E-state index in [1.54, 1.807) is 0 Å². The Balaban J connectivity index is 2.79. The van der Waals surface area contributed by atoms with Crippen molar-refractivity contribution in [3.05, 3.63) is 17.8 Å². The lowest BCUT2D eigenvalue weighted by Gasteiger charge is -2.23. The molecule has 1 rings (SSSR count). The smallest absolute Gasteiger partial charge is 0.149 e. The minimum atomic E-state index is -0.343. The number of hydrogen-bond donors (Lipinski definition) is 1. The summed E-state index contributed by atoms with van der Waals surface area (Å²) in [5.41, 5.74) is 0.554. The summed E-state index contributed by atoms with van der Waals surface area (Å²) in [6, 6.07) is 3.79. The van der Waals surface area contributed by atoms with Gasteiger partial charge in [-0.3, -0.25) is 0 Å². The van der Waals surface area contributed by atoms with E-state index in [1.807, 2.05) is 32.9 Å². The van der Waals surface area contributed by atoms with Crippen LogP contribution in [0.15, 0.2) is 12.1 Å². The first-order chi connectivity index (χ1) is 6.59. The number of terminal acetylenes is 1. The highest BCUT2D eigenvalue weighted by Gasteiger charge is 2.18. The molecule has 1 unspecified atom stereocenters. The first kappa shape index (κ1) is 10.5. The third-order valence-corrected chi connectivity index (χ3v) is 2.23. The Morgan fingerprint density at radius 3 is 2.64 bits per heavy atom. The summed E-state index contributed by atoms with van der Waals surface area (Å²) < 4.78 is 0. The Bertz CT molecular complexity index is 337. The van der Waals surface area contributed by atoms with Crippen LogP contribution < -0.4 is 5.32 Å². The molecule has 1 aromatic rings. The first-order valence-corrected chi connectivity index (χ1v) is 4.66. The van der Waals surface area contributed by atoms with Gasteiger partial charge < -0.3 is 5.32 Å². The van der Waals surface area contributed by atoms with Crippen LogP contribution in [0.5, 0.6) is 0 Å². The molecule has 74 valence electrons. The van der Waals surface area contributed by atoms with E-state index in [1.165, 1.54) is 0 Å². The fourth-order valence-corrected chi connectivity index (χ4v) is 0.975. The van der Waals surface area contributed by atoms with Crippen molar-refractivity contribution in [3.63, 3.8) is 0 Å². The van der Waals surface area contributed by atoms with Gasteiger partial charge in [-0.15, -0.1) is 11.5 Å². The lowest BCUT2D eigenvalue weighted by Crippen LogP contribution is -2.32. The summed E-state index contributed by atoms with van der Waals surface area (Å²) in [6.45, 7) is 5.90. The molecular weight excluding hydrogens is 174 g/mol. The molecule has 0 fully saturated rings. The fraction of sp³-hybridized carbons (Fsp3) is 0.455. The summed E-state index contributed by atoms with van der Waals surface area (Å²) in [4.78, 5) is 0. The predicted octanol–water partition coefficient (Wildman–Crippen LogP) is 2.00. The van der Waals surface area contributed by atoms with Crippen molar-refractivity contribution in [1.82, 2.24) is 10.2 Å². The lowest BCUT2D eigenvalue weighted by molar-refractivity contribution is 0.629. The molecule has 0 amide bonds. The van der Waals surface area contributed by atoms with Crippen molar-refractivity contribution < 1.29 is 0 Å². The van der Waals surface area contributed by atoms with Gasteiger partial charge in [0.2, 0.25) is 0 Å². The summed E-state index contributed by atoms with van der Waals surface area (Å²) >= 11 is 0. The standard InChI is InChI=1S/C11H15N3/c1-5-11(4,6-2)12-10-8-7-9(3)13-14-10/h1,7-8H,6H2,2-4H3,(H,12,14). The van der Waals surface area contributed by atoms with E-state index in [-0.39, 0.29) is 5.54 Å². The molecule has 0 radical (unpaired) electrons. The van der Waals surface area contributed by atoms with Crippen LogP contribution >= 0.6 is 0 Å². The van der Waals surface area contributed by atoms with Gasteiger partial charge in [0.05, 0.1) is 11.2 Å². The highest BCUT2D eigenvalue weighted by atomic mass is 15.2. The van der Waals surface area contributed by atoms with E-state index < -0.39 is 0 Å². The Morgan fingerprint density at radius 1 is 1.50 bits per heavy atom. The Hall–Kier alpha value is -1.56. The second-order valence-corrected chi connectivity index (χ2v) is 3.51. The Morgan fingerprint density at radius 2 is 2.21 bits per heavy atom. The van der Waals surface area contributed by atoms with Crippen molar-refractivity contribution in [2.75, 3.05) is 5.32 Å². The normalized spacial score (nSPS) is 14.1. The maximum absolute atomic E-state index is 5.43. The molecule has 0 saturated carbocycles. The molecule has 0 bridgehead atoms. The van der Waals surface area contributed by atoms with Crippen molar-refractivity contribution in [2.45, 2.75) is 32.7 Å². The van der Waals surface area contributed by atoms with E-state index in [9.17, 15) is 0 Å². The molecule has 1 N–H and O–H groups in total. The number of anilines is 1. The van der Waals surface area contributed by atoms with E-state index in [2.05, 4.69) is 21.4 Å². The molecule has 0 spiro atoms. The van der Waals surface area contributed by atoms with Crippen molar-refractivity contribution in [2.24, 2.45) is 0 Å². The third kappa shape index (κ3) is 2.46. The quantitative estimate of drug-likeness (QED) is 0.739. The molecule has 14 heavy (non-hydrogen) atoms. The van der Waals surface area contributed by atoms with Crippen LogP contribution in [0, 0.1) is 19.3 Å². The summed E-state index contributed by atoms with van der Waals surface area (Å²) in [7, 11) is 0. The van der Waals surface area contributed by atoms with Crippen molar-refractivity contribution in [3.8, 4) is 12.3 Å². The highest BCUT2D eigenvalue weighted by molar-refractivity contribution is 5.40. The molecule has 3 nitrogen and oxygen atoms in total. The van der Waals surface area contributed by atoms with E-state index >= 15 is 0 Å². The topological polar surface area (TPSA) is 37.8 Å². The van der Waals surface area contributed by atoms with Gasteiger partial charge >= 0.3 is 0 Å². The van der Waals surface area contributed by atoms with Gasteiger partial charge in [-0.05, 0) is 32.4 Å². The van der Waals surface area contributed by atoms with Crippen LogP contribution in [0.25, 0.3) is 0 Å². The summed E-state index contributed by atoms with van der Waals surface area (Å²) in [6.07, 6.45) is 6.28. The first-order valence-electron chi connectivity index (χ1n) is 4.66. The van der Waals surface area contributed by atoms with Crippen molar-refractivity contribution in [1.29, 1.82) is 0 Å². The molecule has 0 aliphatic carbocycles. The summed E-state index contributed by atoms with van der Waals surface area (Å²) in [5, 5.41) is 11.1. The van der Waals surface area contributed by atoms with Gasteiger partial charge in [0.25, 0.3) is 0 Å². The zero-order chi connectivity index (χ0) is 10.6. The van der Waals surface area contributed by atoms with Crippen LogP contribution in [-0.2, 0) is 0 Å². The van der Waals surface area contributed by atoms with Crippen LogP contribution in [0.2, 0.25) is 0 Å². The molecule has 0 saturated heterocycles. The largest absolute Gasteiger partial charge is 0.353 e. The number of rotatable bonds is 3. The second kappa shape index (κ2) is 4.10. The third-order valence-electron chi connectivity index (χ3n) is 2.23. The molecule has 0 aromatic carbocycles. The minimum Gasteiger partial charge on any atom is -0.353 e. The number of nitrogens with zero attached hydrogens (tertiary/aromatic N) is 2. The van der Waals surface area contributed by atoms with Gasteiger partial charge in [0.15, 0.2) is 0 Å².